The van der Waals surface area contributed by atoms with Crippen molar-refractivity contribution in [3.8, 4) is 5.69 Å². The van der Waals surface area contributed by atoms with Crippen molar-refractivity contribution in [2.45, 2.75) is 25.8 Å². The van der Waals surface area contributed by atoms with Crippen LogP contribution >= 0.6 is 24.0 Å². The molecular weight excluding hydrogens is 347 g/mol. The maximum Gasteiger partial charge on any atom is 0.257 e. The van der Waals surface area contributed by atoms with Gasteiger partial charge in [0.2, 0.25) is 0 Å². The number of amides is 1. The number of nitrogens with zero attached hydrogens (tertiary/aromatic N) is 3. The summed E-state index contributed by atoms with van der Waals surface area (Å²) in [6.07, 6.45) is 5.39. The van der Waals surface area contributed by atoms with Crippen LogP contribution in [0.3, 0.4) is 0 Å². The molecule has 0 spiro atoms. The van der Waals surface area contributed by atoms with Crippen LogP contribution < -0.4 is 5.32 Å². The van der Waals surface area contributed by atoms with Crippen molar-refractivity contribution in [3.05, 3.63) is 47.2 Å². The Morgan fingerprint density at radius 1 is 1.42 bits per heavy atom. The lowest BCUT2D eigenvalue weighted by molar-refractivity contribution is 0.0692. The maximum absolute atomic E-state index is 12.8. The molecule has 0 bridgehead atoms. The smallest absolute Gasteiger partial charge is 0.257 e. The highest BCUT2D eigenvalue weighted by Gasteiger charge is 2.27. The molecule has 1 saturated heterocycles. The van der Waals surface area contributed by atoms with Gasteiger partial charge in [-0.3, -0.25) is 4.79 Å². The third-order valence-electron chi connectivity index (χ3n) is 4.12. The first kappa shape index (κ1) is 18.8. The number of halogens is 2. The fourth-order valence-corrected chi connectivity index (χ4v) is 3.06. The quantitative estimate of drug-likeness (QED) is 0.881. The van der Waals surface area contributed by atoms with Gasteiger partial charge in [0.1, 0.15) is 0 Å². The lowest BCUT2D eigenvalue weighted by Gasteiger charge is -2.27. The van der Waals surface area contributed by atoms with Crippen molar-refractivity contribution in [3.63, 3.8) is 0 Å². The Kier molecular flexibility index (Phi) is 6.66. The normalized spacial score (nSPS) is 16.7. The largest absolute Gasteiger partial charge is 0.334 e. The van der Waals surface area contributed by atoms with Crippen LogP contribution in [-0.2, 0) is 0 Å². The van der Waals surface area contributed by atoms with Crippen molar-refractivity contribution in [1.82, 2.24) is 20.0 Å². The van der Waals surface area contributed by atoms with Gasteiger partial charge in [-0.15, -0.1) is 12.4 Å². The van der Waals surface area contributed by atoms with E-state index in [4.69, 9.17) is 11.6 Å². The molecule has 1 aromatic carbocycles. The third-order valence-corrected chi connectivity index (χ3v) is 4.37. The van der Waals surface area contributed by atoms with Gasteiger partial charge in [-0.1, -0.05) is 18.5 Å². The van der Waals surface area contributed by atoms with Gasteiger partial charge in [-0.25, -0.2) is 4.68 Å². The minimum Gasteiger partial charge on any atom is -0.334 e. The lowest BCUT2D eigenvalue weighted by Crippen LogP contribution is -2.42. The summed E-state index contributed by atoms with van der Waals surface area (Å²) in [5.41, 5.74) is 1.51. The first-order valence-corrected chi connectivity index (χ1v) is 8.39. The van der Waals surface area contributed by atoms with Crippen molar-refractivity contribution in [2.24, 2.45) is 0 Å². The number of hydrogen-bond acceptors (Lipinski definition) is 3. The number of hydrogen-bond donors (Lipinski definition) is 1. The molecule has 1 aromatic heterocycles. The average Bonchev–Trinajstić information content (AvgIpc) is 3.24. The van der Waals surface area contributed by atoms with Gasteiger partial charge < -0.3 is 10.2 Å². The fourth-order valence-electron chi connectivity index (χ4n) is 2.93. The van der Waals surface area contributed by atoms with E-state index in [1.54, 1.807) is 17.1 Å². The molecule has 1 fully saturated rings. The van der Waals surface area contributed by atoms with Crippen LogP contribution in [0, 0.1) is 0 Å². The minimum atomic E-state index is 0. The average molecular weight is 369 g/mol. The standard InChI is InChI=1S/C17H21ClN4O.ClH/c1-2-9-21(16-7-8-19-11-16)17(23)13-10-20-22(12-13)15-5-3-14(18)4-6-15;/h3-6,10,12,16,19H,2,7-9,11H2,1H3;1H. The van der Waals surface area contributed by atoms with Crippen molar-refractivity contribution >= 4 is 29.9 Å². The molecule has 24 heavy (non-hydrogen) atoms. The zero-order valence-corrected chi connectivity index (χ0v) is 15.2. The second-order valence-electron chi connectivity index (χ2n) is 5.80. The van der Waals surface area contributed by atoms with Crippen molar-refractivity contribution < 1.29 is 4.79 Å². The summed E-state index contributed by atoms with van der Waals surface area (Å²) in [4.78, 5) is 14.8. The van der Waals surface area contributed by atoms with E-state index in [-0.39, 0.29) is 24.4 Å². The minimum absolute atomic E-state index is 0. The highest BCUT2D eigenvalue weighted by atomic mass is 35.5. The Balaban J connectivity index is 0.00000208. The monoisotopic (exact) mass is 368 g/mol. The summed E-state index contributed by atoms with van der Waals surface area (Å²) >= 11 is 5.91. The Bertz CT molecular complexity index is 665. The topological polar surface area (TPSA) is 50.2 Å². The van der Waals surface area contributed by atoms with Gasteiger partial charge >= 0.3 is 0 Å². The zero-order valence-electron chi connectivity index (χ0n) is 13.6. The van der Waals surface area contributed by atoms with Gasteiger partial charge in [-0.05, 0) is 43.7 Å². The van der Waals surface area contributed by atoms with Crippen LogP contribution in [-0.4, -0.2) is 46.3 Å². The molecule has 1 aliphatic heterocycles. The second-order valence-corrected chi connectivity index (χ2v) is 6.23. The fraction of sp³-hybridized carbons (Fsp3) is 0.412. The molecule has 2 aromatic rings. The Morgan fingerprint density at radius 3 is 2.79 bits per heavy atom. The zero-order chi connectivity index (χ0) is 16.2. The van der Waals surface area contributed by atoms with Gasteiger partial charge in [-0.2, -0.15) is 5.10 Å². The van der Waals surface area contributed by atoms with E-state index in [1.165, 1.54) is 0 Å². The molecule has 3 rings (SSSR count). The summed E-state index contributed by atoms with van der Waals surface area (Å²) < 4.78 is 1.71. The molecule has 0 radical (unpaired) electrons. The predicted octanol–water partition coefficient (Wildman–Crippen LogP) is 3.16. The molecule has 2 heterocycles. The first-order valence-electron chi connectivity index (χ1n) is 8.01. The summed E-state index contributed by atoms with van der Waals surface area (Å²) in [6, 6.07) is 7.67. The number of benzene rings is 1. The number of carbonyl (C=O) groups excluding carboxylic acids is 1. The van der Waals surface area contributed by atoms with E-state index in [1.807, 2.05) is 29.2 Å². The van der Waals surface area contributed by atoms with E-state index in [2.05, 4.69) is 17.3 Å². The molecule has 130 valence electrons. The number of carbonyl (C=O) groups is 1. The van der Waals surface area contributed by atoms with Gasteiger partial charge in [0.15, 0.2) is 0 Å². The van der Waals surface area contributed by atoms with Crippen LogP contribution in [0.4, 0.5) is 0 Å². The van der Waals surface area contributed by atoms with Crippen LogP contribution in [0.5, 0.6) is 0 Å². The van der Waals surface area contributed by atoms with E-state index < -0.39 is 0 Å². The maximum atomic E-state index is 12.8. The Hall–Kier alpha value is -1.56. The van der Waals surface area contributed by atoms with Crippen molar-refractivity contribution in [2.75, 3.05) is 19.6 Å². The lowest BCUT2D eigenvalue weighted by atomic mass is 10.1. The second kappa shape index (κ2) is 8.51. The SMILES string of the molecule is CCCN(C(=O)c1cnn(-c2ccc(Cl)cc2)c1)C1CCNC1.Cl. The molecule has 5 nitrogen and oxygen atoms in total. The number of nitrogens with one attached hydrogen (secondary N) is 1. The third kappa shape index (κ3) is 4.09. The molecular formula is C17H22Cl2N4O. The molecule has 1 aliphatic rings. The predicted molar refractivity (Wildman–Crippen MR) is 98.4 cm³/mol. The van der Waals surface area contributed by atoms with Crippen LogP contribution in [0.2, 0.25) is 5.02 Å². The molecule has 1 unspecified atom stereocenters. The molecule has 1 atom stereocenters. The number of aromatic nitrogens is 2. The molecule has 1 amide bonds. The van der Waals surface area contributed by atoms with Gasteiger partial charge in [0.05, 0.1) is 17.4 Å². The first-order chi connectivity index (χ1) is 11.2. The van der Waals surface area contributed by atoms with E-state index in [0.717, 1.165) is 38.2 Å². The van der Waals surface area contributed by atoms with Gasteiger partial charge in [0, 0.05) is 30.4 Å². The number of rotatable bonds is 5. The summed E-state index contributed by atoms with van der Waals surface area (Å²) in [6.45, 7) is 4.72. The van der Waals surface area contributed by atoms with Crippen LogP contribution in [0.1, 0.15) is 30.1 Å². The summed E-state index contributed by atoms with van der Waals surface area (Å²) in [7, 11) is 0. The Morgan fingerprint density at radius 2 is 2.17 bits per heavy atom. The molecule has 0 aliphatic carbocycles. The van der Waals surface area contributed by atoms with Crippen LogP contribution in [0.25, 0.3) is 5.69 Å². The van der Waals surface area contributed by atoms with Crippen LogP contribution in [0.15, 0.2) is 36.7 Å². The van der Waals surface area contributed by atoms with E-state index in [0.29, 0.717) is 10.6 Å². The molecule has 7 heteroatoms. The molecule has 1 N–H and O–H groups in total. The van der Waals surface area contributed by atoms with E-state index >= 15 is 0 Å². The highest BCUT2D eigenvalue weighted by Crippen LogP contribution is 2.17. The summed E-state index contributed by atoms with van der Waals surface area (Å²) in [5, 5.41) is 8.32. The molecule has 0 saturated carbocycles. The highest BCUT2D eigenvalue weighted by molar-refractivity contribution is 6.30. The van der Waals surface area contributed by atoms with Crippen molar-refractivity contribution in [1.29, 1.82) is 0 Å². The Labute approximate surface area is 153 Å². The van der Waals surface area contributed by atoms with E-state index in [9.17, 15) is 4.79 Å². The summed E-state index contributed by atoms with van der Waals surface area (Å²) in [5.74, 6) is 0.0563. The van der Waals surface area contributed by atoms with Gasteiger partial charge in [0.25, 0.3) is 5.91 Å².